The molecule has 0 saturated heterocycles. The van der Waals surface area contributed by atoms with E-state index in [9.17, 15) is 4.79 Å². The molecule has 0 aliphatic heterocycles. The van der Waals surface area contributed by atoms with Crippen molar-refractivity contribution in [1.82, 2.24) is 15.3 Å². The van der Waals surface area contributed by atoms with E-state index in [0.717, 1.165) is 30.2 Å². The summed E-state index contributed by atoms with van der Waals surface area (Å²) in [4.78, 5) is 20.5. The van der Waals surface area contributed by atoms with Crippen molar-refractivity contribution < 1.29 is 4.79 Å². The largest absolute Gasteiger partial charge is 0.370 e. The third-order valence-electron chi connectivity index (χ3n) is 2.85. The lowest BCUT2D eigenvalue weighted by molar-refractivity contribution is -0.121. The fourth-order valence-corrected chi connectivity index (χ4v) is 1.69. The predicted molar refractivity (Wildman–Crippen MR) is 77.5 cm³/mol. The fraction of sp³-hybridized carbons (Fsp3) is 0.615. The van der Waals surface area contributed by atoms with Gasteiger partial charge in [-0.25, -0.2) is 9.97 Å². The Morgan fingerprint density at radius 3 is 2.42 bits per heavy atom. The Hall–Kier alpha value is -1.85. The molecule has 6 heteroatoms. The molecule has 0 radical (unpaired) electrons. The SMILES string of the molecule is CCNc1nc(CC)nc(NC(C)C(=O)NC)c1C. The molecule has 1 amide bonds. The van der Waals surface area contributed by atoms with Gasteiger partial charge < -0.3 is 16.0 Å². The van der Waals surface area contributed by atoms with E-state index >= 15 is 0 Å². The van der Waals surface area contributed by atoms with Crippen LogP contribution in [0.4, 0.5) is 11.6 Å². The van der Waals surface area contributed by atoms with Crippen LogP contribution in [-0.2, 0) is 11.2 Å². The van der Waals surface area contributed by atoms with Gasteiger partial charge >= 0.3 is 0 Å². The summed E-state index contributed by atoms with van der Waals surface area (Å²) in [5, 5.41) is 8.96. The number of carbonyl (C=O) groups is 1. The molecule has 0 aromatic carbocycles. The number of amides is 1. The van der Waals surface area contributed by atoms with E-state index < -0.39 is 0 Å². The average molecular weight is 265 g/mol. The van der Waals surface area contributed by atoms with E-state index in [4.69, 9.17) is 0 Å². The summed E-state index contributed by atoms with van der Waals surface area (Å²) in [5.74, 6) is 2.22. The number of anilines is 2. The number of aryl methyl sites for hydroxylation is 1. The normalized spacial score (nSPS) is 11.8. The third-order valence-corrected chi connectivity index (χ3v) is 2.85. The van der Waals surface area contributed by atoms with Gasteiger partial charge in [0, 0.05) is 25.6 Å². The summed E-state index contributed by atoms with van der Waals surface area (Å²) in [5.41, 5.74) is 0.926. The number of hydrogen-bond donors (Lipinski definition) is 3. The molecule has 0 bridgehead atoms. The Labute approximate surface area is 114 Å². The molecule has 3 N–H and O–H groups in total. The Morgan fingerprint density at radius 1 is 1.26 bits per heavy atom. The van der Waals surface area contributed by atoms with E-state index in [1.54, 1.807) is 14.0 Å². The molecule has 0 aliphatic carbocycles. The summed E-state index contributed by atoms with van der Waals surface area (Å²) < 4.78 is 0. The number of nitrogens with one attached hydrogen (secondary N) is 3. The van der Waals surface area contributed by atoms with Crippen LogP contribution in [-0.4, -0.2) is 35.5 Å². The number of nitrogens with zero attached hydrogens (tertiary/aromatic N) is 2. The highest BCUT2D eigenvalue weighted by Gasteiger charge is 2.15. The molecule has 1 heterocycles. The first-order chi connectivity index (χ1) is 9.03. The summed E-state index contributed by atoms with van der Waals surface area (Å²) in [6, 6.07) is -0.335. The van der Waals surface area contributed by atoms with Crippen molar-refractivity contribution >= 4 is 17.5 Å². The smallest absolute Gasteiger partial charge is 0.241 e. The second-order valence-corrected chi connectivity index (χ2v) is 4.33. The Balaban J connectivity index is 3.04. The molecule has 0 saturated carbocycles. The zero-order valence-corrected chi connectivity index (χ0v) is 12.3. The van der Waals surface area contributed by atoms with Crippen molar-refractivity contribution in [2.24, 2.45) is 0 Å². The lowest BCUT2D eigenvalue weighted by Gasteiger charge is -2.17. The lowest BCUT2D eigenvalue weighted by Crippen LogP contribution is -2.35. The van der Waals surface area contributed by atoms with Gasteiger partial charge in [0.25, 0.3) is 0 Å². The maximum Gasteiger partial charge on any atom is 0.241 e. The van der Waals surface area contributed by atoms with Crippen LogP contribution in [0.2, 0.25) is 0 Å². The molecule has 106 valence electrons. The van der Waals surface area contributed by atoms with Crippen molar-refractivity contribution in [3.63, 3.8) is 0 Å². The highest BCUT2D eigenvalue weighted by Crippen LogP contribution is 2.20. The van der Waals surface area contributed by atoms with Crippen molar-refractivity contribution in [3.8, 4) is 0 Å². The van der Waals surface area contributed by atoms with Crippen molar-refractivity contribution in [3.05, 3.63) is 11.4 Å². The van der Waals surface area contributed by atoms with Crippen LogP contribution in [0.3, 0.4) is 0 Å². The van der Waals surface area contributed by atoms with Crippen LogP contribution in [0.15, 0.2) is 0 Å². The first kappa shape index (κ1) is 15.2. The molecule has 1 aromatic rings. The Bertz CT molecular complexity index is 447. The van der Waals surface area contributed by atoms with Crippen molar-refractivity contribution in [2.45, 2.75) is 40.2 Å². The molecule has 1 aromatic heterocycles. The maximum atomic E-state index is 11.6. The average Bonchev–Trinajstić information content (AvgIpc) is 2.42. The molecule has 0 aliphatic rings. The number of hydrogen-bond acceptors (Lipinski definition) is 5. The van der Waals surface area contributed by atoms with E-state index in [1.165, 1.54) is 0 Å². The van der Waals surface area contributed by atoms with Gasteiger partial charge in [-0.3, -0.25) is 4.79 Å². The number of carbonyl (C=O) groups excluding carboxylic acids is 1. The molecule has 0 spiro atoms. The molecule has 1 atom stereocenters. The fourth-order valence-electron chi connectivity index (χ4n) is 1.69. The number of rotatable bonds is 6. The second kappa shape index (κ2) is 6.92. The zero-order chi connectivity index (χ0) is 14.4. The third kappa shape index (κ3) is 3.81. The molecule has 1 rings (SSSR count). The highest BCUT2D eigenvalue weighted by molar-refractivity contribution is 5.84. The van der Waals surface area contributed by atoms with Gasteiger partial charge in [-0.1, -0.05) is 6.92 Å². The summed E-state index contributed by atoms with van der Waals surface area (Å²) >= 11 is 0. The summed E-state index contributed by atoms with van der Waals surface area (Å²) in [6.45, 7) is 8.57. The number of likely N-dealkylation sites (N-methyl/N-ethyl adjacent to an activating group) is 1. The van der Waals surface area contributed by atoms with Crippen molar-refractivity contribution in [2.75, 3.05) is 24.2 Å². The Kier molecular flexibility index (Phi) is 5.54. The van der Waals surface area contributed by atoms with Crippen LogP contribution in [0, 0.1) is 6.92 Å². The topological polar surface area (TPSA) is 78.9 Å². The van der Waals surface area contributed by atoms with Crippen LogP contribution < -0.4 is 16.0 Å². The van der Waals surface area contributed by atoms with Gasteiger partial charge in [-0.05, 0) is 20.8 Å². The minimum Gasteiger partial charge on any atom is -0.370 e. The quantitative estimate of drug-likeness (QED) is 0.723. The molecular formula is C13H23N5O. The Morgan fingerprint density at radius 2 is 1.89 bits per heavy atom. The van der Waals surface area contributed by atoms with Gasteiger partial charge in [-0.15, -0.1) is 0 Å². The van der Waals surface area contributed by atoms with Gasteiger partial charge in [-0.2, -0.15) is 0 Å². The van der Waals surface area contributed by atoms with Gasteiger partial charge in [0.15, 0.2) is 0 Å². The summed E-state index contributed by atoms with van der Waals surface area (Å²) in [7, 11) is 1.62. The molecule has 0 fully saturated rings. The van der Waals surface area contributed by atoms with E-state index in [1.807, 2.05) is 20.8 Å². The molecule has 19 heavy (non-hydrogen) atoms. The van der Waals surface area contributed by atoms with Crippen LogP contribution >= 0.6 is 0 Å². The monoisotopic (exact) mass is 265 g/mol. The van der Waals surface area contributed by atoms with Crippen molar-refractivity contribution in [1.29, 1.82) is 0 Å². The van der Waals surface area contributed by atoms with Crippen LogP contribution in [0.5, 0.6) is 0 Å². The maximum absolute atomic E-state index is 11.6. The molecule has 6 nitrogen and oxygen atoms in total. The van der Waals surface area contributed by atoms with Crippen LogP contribution in [0.1, 0.15) is 32.2 Å². The van der Waals surface area contributed by atoms with E-state index in [-0.39, 0.29) is 11.9 Å². The first-order valence-electron chi connectivity index (χ1n) is 6.62. The predicted octanol–water partition coefficient (Wildman–Crippen LogP) is 1.33. The van der Waals surface area contributed by atoms with Gasteiger partial charge in [0.2, 0.25) is 5.91 Å². The van der Waals surface area contributed by atoms with Gasteiger partial charge in [0.05, 0.1) is 0 Å². The minimum absolute atomic E-state index is 0.0685. The molecule has 1 unspecified atom stereocenters. The molecular weight excluding hydrogens is 242 g/mol. The second-order valence-electron chi connectivity index (χ2n) is 4.33. The number of aromatic nitrogens is 2. The van der Waals surface area contributed by atoms with E-state index in [2.05, 4.69) is 25.9 Å². The van der Waals surface area contributed by atoms with Crippen LogP contribution in [0.25, 0.3) is 0 Å². The van der Waals surface area contributed by atoms with E-state index in [0.29, 0.717) is 5.82 Å². The van der Waals surface area contributed by atoms with Gasteiger partial charge in [0.1, 0.15) is 23.5 Å². The first-order valence-corrected chi connectivity index (χ1v) is 6.62. The standard InChI is InChI=1S/C13H23N5O/c1-6-10-17-11(15-7-2)8(3)12(18-10)16-9(4)13(19)14-5/h9H,6-7H2,1-5H3,(H,14,19)(H2,15,16,17,18). The highest BCUT2D eigenvalue weighted by atomic mass is 16.2. The lowest BCUT2D eigenvalue weighted by atomic mass is 10.2. The minimum atomic E-state index is -0.335. The zero-order valence-electron chi connectivity index (χ0n) is 12.3. The summed E-state index contributed by atoms with van der Waals surface area (Å²) in [6.07, 6.45) is 0.752.